The van der Waals surface area contributed by atoms with E-state index in [0.29, 0.717) is 35.2 Å². The monoisotopic (exact) mass is 284 g/mol. The third-order valence-electron chi connectivity index (χ3n) is 3.22. The molecule has 0 spiro atoms. The van der Waals surface area contributed by atoms with Crippen LogP contribution in [-0.4, -0.2) is 26.1 Å². The Morgan fingerprint density at radius 1 is 1.24 bits per heavy atom. The lowest BCUT2D eigenvalue weighted by Gasteiger charge is -2.12. The molecule has 108 valence electrons. The summed E-state index contributed by atoms with van der Waals surface area (Å²) in [6.07, 6.45) is 0. The van der Waals surface area contributed by atoms with Crippen molar-refractivity contribution in [2.24, 2.45) is 0 Å². The van der Waals surface area contributed by atoms with Crippen molar-refractivity contribution in [1.82, 2.24) is 19.5 Å². The van der Waals surface area contributed by atoms with Gasteiger partial charge in [-0.1, -0.05) is 12.1 Å². The van der Waals surface area contributed by atoms with Gasteiger partial charge in [0.1, 0.15) is 17.4 Å². The summed E-state index contributed by atoms with van der Waals surface area (Å²) in [6, 6.07) is 7.58. The van der Waals surface area contributed by atoms with Gasteiger partial charge in [0, 0.05) is 0 Å². The molecule has 0 radical (unpaired) electrons. The first-order valence-corrected chi connectivity index (χ1v) is 6.80. The van der Waals surface area contributed by atoms with Crippen LogP contribution >= 0.6 is 0 Å². The fourth-order valence-electron chi connectivity index (χ4n) is 2.42. The molecule has 0 fully saturated rings. The van der Waals surface area contributed by atoms with E-state index in [1.807, 2.05) is 38.1 Å². The summed E-state index contributed by atoms with van der Waals surface area (Å²) in [7, 11) is 0. The molecule has 0 unspecified atom stereocenters. The number of nitrogens with zero attached hydrogens (tertiary/aromatic N) is 3. The van der Waals surface area contributed by atoms with E-state index in [1.165, 1.54) is 0 Å². The lowest BCUT2D eigenvalue weighted by atomic mass is 10.2. The normalized spacial score (nSPS) is 11.0. The van der Waals surface area contributed by atoms with E-state index in [9.17, 15) is 4.79 Å². The van der Waals surface area contributed by atoms with Crippen molar-refractivity contribution in [2.75, 3.05) is 6.61 Å². The maximum absolute atomic E-state index is 12.3. The van der Waals surface area contributed by atoms with Crippen LogP contribution in [0.4, 0.5) is 0 Å². The molecule has 0 aliphatic rings. The summed E-state index contributed by atoms with van der Waals surface area (Å²) >= 11 is 0. The number of hydrogen-bond acceptors (Lipinski definition) is 4. The molecule has 0 aliphatic carbocycles. The van der Waals surface area contributed by atoms with Crippen molar-refractivity contribution in [3.05, 3.63) is 46.3 Å². The number of aryl methyl sites for hydroxylation is 2. The highest BCUT2D eigenvalue weighted by Gasteiger charge is 2.17. The number of benzene rings is 1. The van der Waals surface area contributed by atoms with Gasteiger partial charge in [0.05, 0.1) is 12.3 Å². The molecule has 1 N–H and O–H groups in total. The van der Waals surface area contributed by atoms with Gasteiger partial charge in [-0.25, -0.2) is 9.97 Å². The number of fused-ring (bicyclic) bond motifs is 1. The quantitative estimate of drug-likeness (QED) is 0.799. The topological polar surface area (TPSA) is 72.8 Å². The minimum absolute atomic E-state index is 0.204. The van der Waals surface area contributed by atoms with Crippen molar-refractivity contribution in [2.45, 2.75) is 20.8 Å². The van der Waals surface area contributed by atoms with Crippen LogP contribution in [0.2, 0.25) is 0 Å². The molecule has 2 heterocycles. The number of nitrogens with one attached hydrogen (secondary N) is 1. The zero-order chi connectivity index (χ0) is 15.0. The SMILES string of the molecule is CCOc1ccccc1-n1c(C)nc2nc(C)[nH]c(=O)c21. The van der Waals surface area contributed by atoms with Crippen LogP contribution in [0.1, 0.15) is 18.6 Å². The summed E-state index contributed by atoms with van der Waals surface area (Å²) in [6.45, 7) is 6.06. The van der Waals surface area contributed by atoms with E-state index in [1.54, 1.807) is 11.5 Å². The first-order valence-electron chi connectivity index (χ1n) is 6.80. The molecule has 3 aromatic rings. The second-order valence-corrected chi connectivity index (χ2v) is 4.72. The maximum atomic E-state index is 12.3. The van der Waals surface area contributed by atoms with Crippen LogP contribution in [-0.2, 0) is 0 Å². The molecule has 2 aromatic heterocycles. The zero-order valence-corrected chi connectivity index (χ0v) is 12.2. The van der Waals surface area contributed by atoms with E-state index in [4.69, 9.17) is 4.74 Å². The number of para-hydroxylation sites is 2. The summed E-state index contributed by atoms with van der Waals surface area (Å²) < 4.78 is 7.43. The smallest absolute Gasteiger partial charge is 0.277 e. The van der Waals surface area contributed by atoms with Crippen LogP contribution in [0.3, 0.4) is 0 Å². The van der Waals surface area contributed by atoms with E-state index >= 15 is 0 Å². The van der Waals surface area contributed by atoms with Crippen LogP contribution in [0.5, 0.6) is 5.75 Å². The molecule has 0 amide bonds. The van der Waals surface area contributed by atoms with Crippen molar-refractivity contribution in [3.63, 3.8) is 0 Å². The maximum Gasteiger partial charge on any atom is 0.277 e. The van der Waals surface area contributed by atoms with Gasteiger partial charge >= 0.3 is 0 Å². The molecular formula is C15H16N4O2. The number of H-pyrrole nitrogens is 1. The largest absolute Gasteiger partial charge is 0.492 e. The minimum Gasteiger partial charge on any atom is -0.492 e. The van der Waals surface area contributed by atoms with Gasteiger partial charge in [-0.15, -0.1) is 0 Å². The molecule has 6 nitrogen and oxygen atoms in total. The standard InChI is InChI=1S/C15H16N4O2/c1-4-21-12-8-6-5-7-11(12)19-10(3)18-14-13(19)15(20)17-9(2)16-14/h5-8H,4H2,1-3H3,(H,16,17,20). The molecule has 0 aliphatic heterocycles. The minimum atomic E-state index is -0.204. The predicted molar refractivity (Wildman–Crippen MR) is 80.1 cm³/mol. The summed E-state index contributed by atoms with van der Waals surface area (Å²) in [5, 5.41) is 0. The molecule has 0 bridgehead atoms. The van der Waals surface area contributed by atoms with Gasteiger partial charge in [-0.2, -0.15) is 0 Å². The number of rotatable bonds is 3. The Bertz CT molecular complexity index is 864. The van der Waals surface area contributed by atoms with Crippen molar-refractivity contribution < 1.29 is 4.74 Å². The molecule has 3 rings (SSSR count). The number of aromatic amines is 1. The Labute approximate surface area is 121 Å². The van der Waals surface area contributed by atoms with Crippen molar-refractivity contribution in [3.8, 4) is 11.4 Å². The molecule has 6 heteroatoms. The number of imidazole rings is 1. The third kappa shape index (κ3) is 2.18. The number of aromatic nitrogens is 4. The van der Waals surface area contributed by atoms with Gasteiger partial charge in [0.15, 0.2) is 11.2 Å². The van der Waals surface area contributed by atoms with Crippen LogP contribution in [0.25, 0.3) is 16.9 Å². The predicted octanol–water partition coefficient (Wildman–Crippen LogP) is 2.12. The van der Waals surface area contributed by atoms with E-state index < -0.39 is 0 Å². The molecule has 0 saturated carbocycles. The highest BCUT2D eigenvalue weighted by molar-refractivity contribution is 5.74. The van der Waals surface area contributed by atoms with Crippen LogP contribution in [0, 0.1) is 13.8 Å². The lowest BCUT2D eigenvalue weighted by Crippen LogP contribution is -2.13. The van der Waals surface area contributed by atoms with E-state index in [-0.39, 0.29) is 5.56 Å². The summed E-state index contributed by atoms with van der Waals surface area (Å²) in [5.41, 5.74) is 1.46. The summed E-state index contributed by atoms with van der Waals surface area (Å²) in [5.74, 6) is 1.96. The van der Waals surface area contributed by atoms with Gasteiger partial charge in [0.2, 0.25) is 0 Å². The number of hydrogen-bond donors (Lipinski definition) is 1. The first kappa shape index (κ1) is 13.4. The van der Waals surface area contributed by atoms with Crippen LogP contribution in [0.15, 0.2) is 29.1 Å². The van der Waals surface area contributed by atoms with Gasteiger partial charge < -0.3 is 9.72 Å². The average molecular weight is 284 g/mol. The van der Waals surface area contributed by atoms with Gasteiger partial charge in [-0.05, 0) is 32.9 Å². The Balaban J connectivity index is 2.36. The molecule has 1 aromatic carbocycles. The molecule has 21 heavy (non-hydrogen) atoms. The number of ether oxygens (including phenoxy) is 1. The Morgan fingerprint density at radius 3 is 2.76 bits per heavy atom. The van der Waals surface area contributed by atoms with Gasteiger partial charge in [0.25, 0.3) is 5.56 Å². The molecular weight excluding hydrogens is 268 g/mol. The average Bonchev–Trinajstić information content (AvgIpc) is 2.76. The van der Waals surface area contributed by atoms with Crippen LogP contribution < -0.4 is 10.3 Å². The second kappa shape index (κ2) is 5.05. The highest BCUT2D eigenvalue weighted by atomic mass is 16.5. The fraction of sp³-hybridized carbons (Fsp3) is 0.267. The lowest BCUT2D eigenvalue weighted by molar-refractivity contribution is 0.339. The van der Waals surface area contributed by atoms with Gasteiger partial charge in [-0.3, -0.25) is 9.36 Å². The summed E-state index contributed by atoms with van der Waals surface area (Å²) in [4.78, 5) is 23.7. The second-order valence-electron chi connectivity index (χ2n) is 4.72. The van der Waals surface area contributed by atoms with Crippen molar-refractivity contribution in [1.29, 1.82) is 0 Å². The highest BCUT2D eigenvalue weighted by Crippen LogP contribution is 2.26. The van der Waals surface area contributed by atoms with Crippen molar-refractivity contribution >= 4 is 11.2 Å². The fourth-order valence-corrected chi connectivity index (χ4v) is 2.42. The first-order chi connectivity index (χ1) is 10.1. The molecule has 0 saturated heterocycles. The Hall–Kier alpha value is -2.63. The zero-order valence-electron chi connectivity index (χ0n) is 12.2. The molecule has 0 atom stereocenters. The third-order valence-corrected chi connectivity index (χ3v) is 3.22. The van der Waals surface area contributed by atoms with E-state index in [2.05, 4.69) is 15.0 Å². The Kier molecular flexibility index (Phi) is 3.21. The van der Waals surface area contributed by atoms with E-state index in [0.717, 1.165) is 5.69 Å². The Morgan fingerprint density at radius 2 is 2.00 bits per heavy atom.